The van der Waals surface area contributed by atoms with Gasteiger partial charge >= 0.3 is 12.1 Å². The maximum atomic E-state index is 13.5. The van der Waals surface area contributed by atoms with Gasteiger partial charge in [-0.05, 0) is 53.0 Å². The number of rotatable bonds is 7. The number of aliphatic hydroxyl groups is 1. The lowest BCUT2D eigenvalue weighted by Gasteiger charge is -2.41. The number of amides is 3. The van der Waals surface area contributed by atoms with Crippen LogP contribution in [0.15, 0.2) is 30.3 Å². The van der Waals surface area contributed by atoms with Crippen molar-refractivity contribution in [3.63, 3.8) is 0 Å². The van der Waals surface area contributed by atoms with Crippen LogP contribution in [0.5, 0.6) is 0 Å². The van der Waals surface area contributed by atoms with Crippen molar-refractivity contribution in [3.8, 4) is 0 Å². The molecule has 1 aromatic rings. The fourth-order valence-electron chi connectivity index (χ4n) is 3.87. The van der Waals surface area contributed by atoms with Gasteiger partial charge in [0, 0.05) is 13.1 Å². The summed E-state index contributed by atoms with van der Waals surface area (Å²) in [6.07, 6.45) is -1.11. The van der Waals surface area contributed by atoms with Crippen LogP contribution in [0.4, 0.5) is 4.79 Å². The number of nitrogens with one attached hydrogen (secondary N) is 2. The molecule has 0 radical (unpaired) electrons. The minimum Gasteiger partial charge on any atom is -0.480 e. The number of carboxylic acid groups (broad SMARTS) is 1. The van der Waals surface area contributed by atoms with Gasteiger partial charge in [0.15, 0.2) is 6.04 Å². The van der Waals surface area contributed by atoms with E-state index in [0.29, 0.717) is 25.9 Å². The number of aliphatic hydroxyl groups excluding tert-OH is 1. The number of likely N-dealkylation sites (tertiary alicyclic amines) is 1. The highest BCUT2D eigenvalue weighted by atomic mass is 16.6. The maximum Gasteiger partial charge on any atom is 0.410 e. The van der Waals surface area contributed by atoms with Crippen molar-refractivity contribution in [2.45, 2.75) is 76.7 Å². The molecule has 10 heteroatoms. The first-order valence-electron chi connectivity index (χ1n) is 11.3. The highest BCUT2D eigenvalue weighted by molar-refractivity contribution is 5.94. The summed E-state index contributed by atoms with van der Waals surface area (Å²) in [6.45, 7) is 8.65. The van der Waals surface area contributed by atoms with Crippen LogP contribution in [-0.4, -0.2) is 75.9 Å². The Morgan fingerprint density at radius 1 is 1.03 bits per heavy atom. The number of hydrogen-bond acceptors (Lipinski definition) is 6. The van der Waals surface area contributed by atoms with Crippen LogP contribution in [0.3, 0.4) is 0 Å². The number of benzene rings is 1. The van der Waals surface area contributed by atoms with Crippen molar-refractivity contribution in [1.82, 2.24) is 15.5 Å². The number of aliphatic carboxylic acids is 1. The standard InChI is InChI=1S/C24H35N3O7/c1-15(19(29)26-18(16(2)28)20(30)31)25-21(32)24(17-9-7-6-8-10-17)11-13-27(14-12-24)22(33)34-23(3,4)5/h6-10,15-16,18,28H,11-14H2,1-5H3,(H,25,32)(H,26,29)(H,30,31)/t15-,16-,18-/m0/s1. The molecule has 3 atom stereocenters. The van der Waals surface area contributed by atoms with Crippen LogP contribution in [-0.2, 0) is 24.5 Å². The predicted octanol–water partition coefficient (Wildman–Crippen LogP) is 1.41. The average Bonchev–Trinajstić information content (AvgIpc) is 2.76. The highest BCUT2D eigenvalue weighted by Gasteiger charge is 2.45. The Hall–Kier alpha value is -3.14. The molecule has 1 aliphatic heterocycles. The van der Waals surface area contributed by atoms with Gasteiger partial charge < -0.3 is 30.5 Å². The van der Waals surface area contributed by atoms with E-state index >= 15 is 0 Å². The number of ether oxygens (including phenoxy) is 1. The first kappa shape index (κ1) is 27.1. The van der Waals surface area contributed by atoms with Crippen molar-refractivity contribution >= 4 is 23.9 Å². The molecule has 1 aliphatic rings. The maximum absolute atomic E-state index is 13.5. The third-order valence-corrected chi connectivity index (χ3v) is 5.82. The monoisotopic (exact) mass is 477 g/mol. The fraction of sp³-hybridized carbons (Fsp3) is 0.583. The predicted molar refractivity (Wildman–Crippen MR) is 124 cm³/mol. The van der Waals surface area contributed by atoms with E-state index in [1.165, 1.54) is 13.8 Å². The molecule has 0 aliphatic carbocycles. The molecule has 1 heterocycles. The van der Waals surface area contributed by atoms with Gasteiger partial charge in [-0.15, -0.1) is 0 Å². The molecule has 0 spiro atoms. The number of hydrogen-bond donors (Lipinski definition) is 4. The van der Waals surface area contributed by atoms with Crippen LogP contribution < -0.4 is 10.6 Å². The quantitative estimate of drug-likeness (QED) is 0.464. The number of carboxylic acids is 1. The molecule has 0 unspecified atom stereocenters. The summed E-state index contributed by atoms with van der Waals surface area (Å²) in [4.78, 5) is 51.4. The second-order valence-corrected chi connectivity index (χ2v) is 9.68. The first-order valence-corrected chi connectivity index (χ1v) is 11.3. The molecule has 4 N–H and O–H groups in total. The molecule has 3 amide bonds. The van der Waals surface area contributed by atoms with Crippen molar-refractivity contribution in [1.29, 1.82) is 0 Å². The minimum atomic E-state index is -1.49. The zero-order valence-electron chi connectivity index (χ0n) is 20.3. The molecule has 1 saturated heterocycles. The van der Waals surface area contributed by atoms with Gasteiger partial charge in [0.2, 0.25) is 11.8 Å². The Balaban J connectivity index is 2.18. The first-order chi connectivity index (χ1) is 15.8. The normalized spacial score (nSPS) is 18.2. The third-order valence-electron chi connectivity index (χ3n) is 5.82. The lowest BCUT2D eigenvalue weighted by atomic mass is 9.72. The molecule has 0 saturated carbocycles. The van der Waals surface area contributed by atoms with Gasteiger partial charge in [-0.3, -0.25) is 9.59 Å². The molecule has 1 aromatic carbocycles. The Labute approximate surface area is 199 Å². The van der Waals surface area contributed by atoms with Gasteiger partial charge in [0.25, 0.3) is 0 Å². The molecule has 188 valence electrons. The molecule has 10 nitrogen and oxygen atoms in total. The highest BCUT2D eigenvalue weighted by Crippen LogP contribution is 2.36. The largest absolute Gasteiger partial charge is 0.480 e. The van der Waals surface area contributed by atoms with Gasteiger partial charge in [-0.2, -0.15) is 0 Å². The molecular formula is C24H35N3O7. The van der Waals surface area contributed by atoms with Crippen molar-refractivity contribution in [3.05, 3.63) is 35.9 Å². The van der Waals surface area contributed by atoms with Crippen LogP contribution in [0.25, 0.3) is 0 Å². The van der Waals surface area contributed by atoms with E-state index in [9.17, 15) is 29.4 Å². The molecule has 34 heavy (non-hydrogen) atoms. The van der Waals surface area contributed by atoms with E-state index < -0.39 is 53.1 Å². The Morgan fingerprint density at radius 2 is 1.59 bits per heavy atom. The van der Waals surface area contributed by atoms with Gasteiger partial charge in [0.05, 0.1) is 11.5 Å². The number of nitrogens with zero attached hydrogens (tertiary/aromatic N) is 1. The van der Waals surface area contributed by atoms with E-state index in [1.807, 2.05) is 30.3 Å². The van der Waals surface area contributed by atoms with Crippen molar-refractivity contribution < 1.29 is 34.1 Å². The summed E-state index contributed by atoms with van der Waals surface area (Å²) in [5.74, 6) is -2.50. The van der Waals surface area contributed by atoms with Crippen LogP contribution in [0, 0.1) is 0 Å². The zero-order valence-corrected chi connectivity index (χ0v) is 20.3. The van der Waals surface area contributed by atoms with E-state index in [2.05, 4.69) is 10.6 Å². The van der Waals surface area contributed by atoms with E-state index in [4.69, 9.17) is 4.74 Å². The van der Waals surface area contributed by atoms with E-state index in [-0.39, 0.29) is 0 Å². The Morgan fingerprint density at radius 3 is 2.06 bits per heavy atom. The SMILES string of the molecule is C[C@H](NC(=O)C1(c2ccccc2)CCN(C(=O)OC(C)(C)C)CC1)C(=O)N[C@H](C(=O)O)[C@H](C)O. The van der Waals surface area contributed by atoms with Crippen molar-refractivity contribution in [2.24, 2.45) is 0 Å². The Bertz CT molecular complexity index is 888. The lowest BCUT2D eigenvalue weighted by Crippen LogP contribution is -2.58. The van der Waals surface area contributed by atoms with Crippen LogP contribution >= 0.6 is 0 Å². The molecule has 1 fully saturated rings. The average molecular weight is 478 g/mol. The molecule has 2 rings (SSSR count). The number of carbonyl (C=O) groups is 4. The van der Waals surface area contributed by atoms with Gasteiger partial charge in [-0.1, -0.05) is 30.3 Å². The van der Waals surface area contributed by atoms with E-state index in [1.54, 1.807) is 25.7 Å². The second kappa shape index (κ2) is 10.9. The summed E-state index contributed by atoms with van der Waals surface area (Å²) in [5.41, 5.74) is -0.855. The number of piperidine rings is 1. The lowest BCUT2D eigenvalue weighted by molar-refractivity contribution is -0.145. The molecular weight excluding hydrogens is 442 g/mol. The third kappa shape index (κ3) is 6.69. The van der Waals surface area contributed by atoms with Gasteiger partial charge in [0.1, 0.15) is 11.6 Å². The van der Waals surface area contributed by atoms with Crippen LogP contribution in [0.1, 0.15) is 53.0 Å². The zero-order chi connectivity index (χ0) is 25.7. The smallest absolute Gasteiger partial charge is 0.410 e. The van der Waals surface area contributed by atoms with E-state index in [0.717, 1.165) is 5.56 Å². The summed E-state index contributed by atoms with van der Waals surface area (Å²) in [6, 6.07) is 6.61. The number of carbonyl (C=O) groups excluding carboxylic acids is 3. The summed E-state index contributed by atoms with van der Waals surface area (Å²) >= 11 is 0. The Kier molecular flexibility index (Phi) is 8.66. The summed E-state index contributed by atoms with van der Waals surface area (Å²) in [7, 11) is 0. The molecule has 0 bridgehead atoms. The van der Waals surface area contributed by atoms with Crippen LogP contribution in [0.2, 0.25) is 0 Å². The topological polar surface area (TPSA) is 145 Å². The molecule has 0 aromatic heterocycles. The minimum absolute atomic E-state index is 0.293. The fourth-order valence-corrected chi connectivity index (χ4v) is 3.87. The van der Waals surface area contributed by atoms with Crippen molar-refractivity contribution in [2.75, 3.05) is 13.1 Å². The second-order valence-electron chi connectivity index (χ2n) is 9.68. The van der Waals surface area contributed by atoms with Gasteiger partial charge in [-0.25, -0.2) is 9.59 Å². The summed E-state index contributed by atoms with van der Waals surface area (Å²) in [5, 5.41) is 23.7. The summed E-state index contributed by atoms with van der Waals surface area (Å²) < 4.78 is 5.45.